The van der Waals surface area contributed by atoms with Crippen molar-refractivity contribution in [3.05, 3.63) is 16.6 Å². The average molecular weight is 157 g/mol. The maximum atomic E-state index is 10.6. The van der Waals surface area contributed by atoms with Crippen molar-refractivity contribution in [1.29, 1.82) is 0 Å². The number of nitrogens with zero attached hydrogens (tertiary/aromatic N) is 3. The van der Waals surface area contributed by atoms with Crippen LogP contribution in [0.2, 0.25) is 0 Å². The smallest absolute Gasteiger partial charge is 0.266 e. The maximum Gasteiger partial charge on any atom is 0.292 e. The second-order valence-corrected chi connectivity index (χ2v) is 2.48. The largest absolute Gasteiger partial charge is 0.292 e. The number of aryl methyl sites for hydroxylation is 1. The average Bonchev–Trinajstić information content (AvgIpc) is 1.94. The van der Waals surface area contributed by atoms with Gasteiger partial charge in [0.2, 0.25) is 0 Å². The van der Waals surface area contributed by atoms with Crippen LogP contribution in [0.1, 0.15) is 0 Å². The minimum absolute atomic E-state index is 0.289. The molecule has 0 saturated carbocycles. The summed E-state index contributed by atoms with van der Waals surface area (Å²) in [6.07, 6.45) is 3.04. The van der Waals surface area contributed by atoms with Crippen molar-refractivity contribution < 1.29 is 0 Å². The Hall–Kier alpha value is -0.840. The summed E-state index contributed by atoms with van der Waals surface area (Å²) in [5, 5.41) is 4.40. The number of hydrogen-bond acceptors (Lipinski definition) is 4. The first kappa shape index (κ1) is 7.27. The Labute approximate surface area is 62.3 Å². The molecule has 4 nitrogen and oxygen atoms in total. The van der Waals surface area contributed by atoms with Crippen LogP contribution in [-0.2, 0) is 7.05 Å². The van der Waals surface area contributed by atoms with Gasteiger partial charge < -0.3 is 0 Å². The molecule has 0 aliphatic rings. The number of thioether (sulfide) groups is 1. The van der Waals surface area contributed by atoms with Gasteiger partial charge in [0.25, 0.3) is 5.56 Å². The lowest BCUT2D eigenvalue weighted by Crippen LogP contribution is -2.13. The SMILES string of the molecule is CSc1nc(=O)cnn1C. The Morgan fingerprint density at radius 1 is 1.70 bits per heavy atom. The summed E-state index contributed by atoms with van der Waals surface area (Å²) in [7, 11) is 1.75. The maximum absolute atomic E-state index is 10.6. The van der Waals surface area contributed by atoms with Crippen LogP contribution < -0.4 is 5.56 Å². The van der Waals surface area contributed by atoms with Crippen LogP contribution in [0.4, 0.5) is 0 Å². The van der Waals surface area contributed by atoms with Crippen molar-refractivity contribution in [3.8, 4) is 0 Å². The molecule has 0 aromatic carbocycles. The fraction of sp³-hybridized carbons (Fsp3) is 0.400. The Morgan fingerprint density at radius 3 is 2.90 bits per heavy atom. The highest BCUT2D eigenvalue weighted by Crippen LogP contribution is 2.04. The molecule has 5 heteroatoms. The normalized spacial score (nSPS) is 9.80. The molecular weight excluding hydrogens is 150 g/mol. The van der Waals surface area contributed by atoms with Gasteiger partial charge in [-0.25, -0.2) is 4.68 Å². The van der Waals surface area contributed by atoms with E-state index in [0.29, 0.717) is 5.16 Å². The fourth-order valence-electron chi connectivity index (χ4n) is 0.559. The molecule has 0 saturated heterocycles. The summed E-state index contributed by atoms with van der Waals surface area (Å²) < 4.78 is 1.56. The summed E-state index contributed by atoms with van der Waals surface area (Å²) in [6.45, 7) is 0. The second kappa shape index (κ2) is 2.83. The lowest BCUT2D eigenvalue weighted by Gasteiger charge is -1.98. The van der Waals surface area contributed by atoms with Crippen LogP contribution in [0, 0.1) is 0 Å². The van der Waals surface area contributed by atoms with E-state index >= 15 is 0 Å². The number of aromatic nitrogens is 3. The van der Waals surface area contributed by atoms with Crippen LogP contribution in [-0.4, -0.2) is 21.0 Å². The van der Waals surface area contributed by atoms with E-state index in [9.17, 15) is 4.79 Å². The molecule has 1 aromatic rings. The van der Waals surface area contributed by atoms with Crippen LogP contribution in [0.15, 0.2) is 16.1 Å². The minimum Gasteiger partial charge on any atom is -0.266 e. The van der Waals surface area contributed by atoms with Crippen molar-refractivity contribution in [2.24, 2.45) is 7.05 Å². The van der Waals surface area contributed by atoms with E-state index in [0.717, 1.165) is 0 Å². The summed E-state index contributed by atoms with van der Waals surface area (Å²) in [5.41, 5.74) is -0.289. The summed E-state index contributed by atoms with van der Waals surface area (Å²) in [5.74, 6) is 0. The standard InChI is InChI=1S/C5H7N3OS/c1-8-5(10-2)7-4(9)3-6-8/h3H,1-2H3. The number of rotatable bonds is 1. The Bertz CT molecular complexity index is 282. The molecule has 0 bridgehead atoms. The first-order valence-electron chi connectivity index (χ1n) is 2.68. The van der Waals surface area contributed by atoms with Crippen molar-refractivity contribution in [2.45, 2.75) is 5.16 Å². The predicted molar refractivity (Wildman–Crippen MR) is 39.1 cm³/mol. The van der Waals surface area contributed by atoms with E-state index < -0.39 is 0 Å². The van der Waals surface area contributed by atoms with Crippen molar-refractivity contribution >= 4 is 11.8 Å². The van der Waals surface area contributed by atoms with Crippen LogP contribution in [0.5, 0.6) is 0 Å². The third kappa shape index (κ3) is 1.36. The Morgan fingerprint density at radius 2 is 2.40 bits per heavy atom. The molecule has 1 aromatic heterocycles. The van der Waals surface area contributed by atoms with Gasteiger partial charge >= 0.3 is 0 Å². The van der Waals surface area contributed by atoms with Gasteiger partial charge in [-0.3, -0.25) is 4.79 Å². The molecule has 0 N–H and O–H groups in total. The van der Waals surface area contributed by atoms with Crippen molar-refractivity contribution in [2.75, 3.05) is 6.26 Å². The van der Waals surface area contributed by atoms with Gasteiger partial charge in [0, 0.05) is 7.05 Å². The molecule has 0 fully saturated rings. The van der Waals surface area contributed by atoms with E-state index in [1.165, 1.54) is 18.0 Å². The zero-order valence-electron chi connectivity index (χ0n) is 5.74. The molecule has 0 radical (unpaired) electrons. The lowest BCUT2D eigenvalue weighted by atomic mass is 10.8. The molecule has 10 heavy (non-hydrogen) atoms. The summed E-state index contributed by atoms with van der Waals surface area (Å²) >= 11 is 1.40. The highest BCUT2D eigenvalue weighted by atomic mass is 32.2. The van der Waals surface area contributed by atoms with Crippen molar-refractivity contribution in [1.82, 2.24) is 14.8 Å². The zero-order chi connectivity index (χ0) is 7.56. The molecule has 1 heterocycles. The highest BCUT2D eigenvalue weighted by molar-refractivity contribution is 7.98. The Kier molecular flexibility index (Phi) is 2.06. The fourth-order valence-corrected chi connectivity index (χ4v) is 1.05. The molecule has 54 valence electrons. The van der Waals surface area contributed by atoms with E-state index in [1.807, 2.05) is 6.26 Å². The van der Waals surface area contributed by atoms with Gasteiger partial charge in [-0.1, -0.05) is 11.8 Å². The third-order valence-electron chi connectivity index (χ3n) is 1.01. The predicted octanol–water partition coefficient (Wildman–Crippen LogP) is -0.103. The molecule has 0 amide bonds. The molecular formula is C5H7N3OS. The molecule has 0 atom stereocenters. The van der Waals surface area contributed by atoms with Gasteiger partial charge in [-0.2, -0.15) is 10.1 Å². The van der Waals surface area contributed by atoms with Gasteiger partial charge in [-0.15, -0.1) is 0 Å². The van der Waals surface area contributed by atoms with Gasteiger partial charge in [0.1, 0.15) is 6.20 Å². The highest BCUT2D eigenvalue weighted by Gasteiger charge is 1.95. The van der Waals surface area contributed by atoms with Crippen LogP contribution >= 0.6 is 11.8 Å². The molecule has 0 unspecified atom stereocenters. The topological polar surface area (TPSA) is 47.8 Å². The molecule has 1 rings (SSSR count). The second-order valence-electron chi connectivity index (χ2n) is 1.70. The first-order valence-corrected chi connectivity index (χ1v) is 3.91. The van der Waals surface area contributed by atoms with E-state index in [1.54, 1.807) is 11.7 Å². The monoisotopic (exact) mass is 157 g/mol. The summed E-state index contributed by atoms with van der Waals surface area (Å²) in [6, 6.07) is 0. The van der Waals surface area contributed by atoms with Crippen LogP contribution in [0.3, 0.4) is 0 Å². The van der Waals surface area contributed by atoms with E-state index in [2.05, 4.69) is 10.1 Å². The molecule has 0 aliphatic heterocycles. The van der Waals surface area contributed by atoms with Gasteiger partial charge in [0.15, 0.2) is 5.16 Å². The quantitative estimate of drug-likeness (QED) is 0.534. The Balaban J connectivity index is 3.22. The molecule has 0 spiro atoms. The zero-order valence-corrected chi connectivity index (χ0v) is 6.55. The van der Waals surface area contributed by atoms with Gasteiger partial charge in [-0.05, 0) is 6.26 Å². The van der Waals surface area contributed by atoms with E-state index in [4.69, 9.17) is 0 Å². The minimum atomic E-state index is -0.289. The third-order valence-corrected chi connectivity index (χ3v) is 1.73. The first-order chi connectivity index (χ1) is 4.74. The lowest BCUT2D eigenvalue weighted by molar-refractivity contribution is 0.612. The van der Waals surface area contributed by atoms with Crippen LogP contribution in [0.25, 0.3) is 0 Å². The number of hydrogen-bond donors (Lipinski definition) is 0. The van der Waals surface area contributed by atoms with Crippen molar-refractivity contribution in [3.63, 3.8) is 0 Å². The molecule has 0 aliphatic carbocycles. The van der Waals surface area contributed by atoms with Gasteiger partial charge in [0.05, 0.1) is 0 Å². The van der Waals surface area contributed by atoms with E-state index in [-0.39, 0.29) is 5.56 Å². The summed E-state index contributed by atoms with van der Waals surface area (Å²) in [4.78, 5) is 14.3.